The van der Waals surface area contributed by atoms with E-state index < -0.39 is 0 Å². The lowest BCUT2D eigenvalue weighted by atomic mass is 9.89. The molecule has 130 valence electrons. The molecule has 0 amide bonds. The van der Waals surface area contributed by atoms with E-state index in [-0.39, 0.29) is 0 Å². The number of rotatable bonds is 4. The maximum atomic E-state index is 5.29. The van der Waals surface area contributed by atoms with Crippen molar-refractivity contribution in [1.82, 2.24) is 15.3 Å². The molecule has 0 spiro atoms. The Balaban J connectivity index is 1.80. The number of nitrogens with zero attached hydrogens (tertiary/aromatic N) is 1. The summed E-state index contributed by atoms with van der Waals surface area (Å²) in [4.78, 5) is 7.84. The van der Waals surface area contributed by atoms with Crippen molar-refractivity contribution in [3.8, 4) is 17.1 Å². The molecule has 1 aromatic carbocycles. The van der Waals surface area contributed by atoms with E-state index in [1.807, 2.05) is 12.1 Å². The highest BCUT2D eigenvalue weighted by molar-refractivity contribution is 5.91. The van der Waals surface area contributed by atoms with Gasteiger partial charge in [0.05, 0.1) is 7.11 Å². The fourth-order valence-electron chi connectivity index (χ4n) is 3.96. The third kappa shape index (κ3) is 3.02. The van der Waals surface area contributed by atoms with Gasteiger partial charge >= 0.3 is 0 Å². The predicted molar refractivity (Wildman–Crippen MR) is 102 cm³/mol. The molecule has 4 rings (SSSR count). The molecule has 2 aromatic heterocycles. The van der Waals surface area contributed by atoms with Gasteiger partial charge in [0.15, 0.2) is 0 Å². The van der Waals surface area contributed by atoms with E-state index in [0.717, 1.165) is 25.1 Å². The van der Waals surface area contributed by atoms with Gasteiger partial charge in [0.1, 0.15) is 0 Å². The minimum atomic E-state index is 0.647. The smallest absolute Gasteiger partial charge is 0.213 e. The van der Waals surface area contributed by atoms with Crippen molar-refractivity contribution in [2.24, 2.45) is 0 Å². The summed E-state index contributed by atoms with van der Waals surface area (Å²) >= 11 is 0. The summed E-state index contributed by atoms with van der Waals surface area (Å²) in [6.45, 7) is 4.47. The number of pyridine rings is 1. The zero-order valence-electron chi connectivity index (χ0n) is 14.9. The van der Waals surface area contributed by atoms with Crippen LogP contribution in [-0.4, -0.2) is 30.2 Å². The average molecular weight is 335 g/mol. The molecule has 1 saturated heterocycles. The number of nitrogens with one attached hydrogen (secondary N) is 2. The molecule has 1 aliphatic heterocycles. The molecule has 0 saturated carbocycles. The van der Waals surface area contributed by atoms with Gasteiger partial charge in [-0.2, -0.15) is 0 Å². The van der Waals surface area contributed by atoms with Crippen molar-refractivity contribution in [3.05, 3.63) is 47.7 Å². The van der Waals surface area contributed by atoms with E-state index in [0.29, 0.717) is 11.8 Å². The molecule has 0 radical (unpaired) electrons. The van der Waals surface area contributed by atoms with Crippen LogP contribution < -0.4 is 10.1 Å². The van der Waals surface area contributed by atoms with Gasteiger partial charge in [-0.05, 0) is 67.6 Å². The Hall–Kier alpha value is -2.33. The minimum absolute atomic E-state index is 0.647. The Kier molecular flexibility index (Phi) is 4.45. The number of aryl methyl sites for hydroxylation is 1. The van der Waals surface area contributed by atoms with Crippen LogP contribution in [0.4, 0.5) is 0 Å². The summed E-state index contributed by atoms with van der Waals surface area (Å²) in [5, 5.41) is 4.81. The molecule has 3 heterocycles. The lowest BCUT2D eigenvalue weighted by molar-refractivity contribution is 0.398. The van der Waals surface area contributed by atoms with Crippen LogP contribution in [-0.2, 0) is 6.42 Å². The number of benzene rings is 1. The number of aromatic amines is 1. The molecule has 4 nitrogen and oxygen atoms in total. The van der Waals surface area contributed by atoms with Crippen molar-refractivity contribution in [2.75, 3.05) is 20.2 Å². The summed E-state index contributed by atoms with van der Waals surface area (Å²) in [6.07, 6.45) is 5.26. The molecule has 25 heavy (non-hydrogen) atoms. The standard InChI is InChI=1S/C21H25N3O/c1-3-17-18-12-15(14-6-9-22-10-7-14)4-5-19(18)24-21(17)16-8-11-23-20(13-16)25-2/h4-5,8,11-14,22,24H,3,6-7,9-10H2,1-2H3. The highest BCUT2D eigenvalue weighted by Crippen LogP contribution is 2.35. The second-order valence-electron chi connectivity index (χ2n) is 6.75. The van der Waals surface area contributed by atoms with Crippen LogP contribution in [0.1, 0.15) is 36.8 Å². The second kappa shape index (κ2) is 6.89. The molecule has 1 fully saturated rings. The number of H-pyrrole nitrogens is 1. The van der Waals surface area contributed by atoms with E-state index in [4.69, 9.17) is 4.74 Å². The lowest BCUT2D eigenvalue weighted by Crippen LogP contribution is -2.26. The van der Waals surface area contributed by atoms with Crippen LogP contribution in [0, 0.1) is 0 Å². The largest absolute Gasteiger partial charge is 0.481 e. The van der Waals surface area contributed by atoms with Gasteiger partial charge in [-0.1, -0.05) is 13.0 Å². The Morgan fingerprint density at radius 3 is 2.76 bits per heavy atom. The zero-order chi connectivity index (χ0) is 17.2. The van der Waals surface area contributed by atoms with Gasteiger partial charge in [-0.3, -0.25) is 0 Å². The van der Waals surface area contributed by atoms with Crippen LogP contribution in [0.3, 0.4) is 0 Å². The van der Waals surface area contributed by atoms with Crippen LogP contribution in [0.5, 0.6) is 5.88 Å². The summed E-state index contributed by atoms with van der Waals surface area (Å²) in [6, 6.07) is 11.0. The molecular formula is C21H25N3O. The van der Waals surface area contributed by atoms with Gasteiger partial charge in [-0.15, -0.1) is 0 Å². The number of hydrogen-bond donors (Lipinski definition) is 2. The first-order valence-electron chi connectivity index (χ1n) is 9.15. The highest BCUT2D eigenvalue weighted by atomic mass is 16.5. The Bertz CT molecular complexity index is 878. The van der Waals surface area contributed by atoms with Crippen LogP contribution in [0.15, 0.2) is 36.5 Å². The quantitative estimate of drug-likeness (QED) is 0.749. The molecule has 1 aliphatic rings. The number of ether oxygens (including phenoxy) is 1. The van der Waals surface area contributed by atoms with Crippen LogP contribution >= 0.6 is 0 Å². The fourth-order valence-corrected chi connectivity index (χ4v) is 3.96. The molecule has 4 heteroatoms. The highest BCUT2D eigenvalue weighted by Gasteiger charge is 2.18. The van der Waals surface area contributed by atoms with E-state index >= 15 is 0 Å². The predicted octanol–water partition coefficient (Wildman–Crippen LogP) is 4.27. The van der Waals surface area contributed by atoms with Gasteiger partial charge in [-0.25, -0.2) is 4.98 Å². The molecule has 0 aliphatic carbocycles. The first-order chi connectivity index (χ1) is 12.3. The maximum Gasteiger partial charge on any atom is 0.213 e. The minimum Gasteiger partial charge on any atom is -0.481 e. The van der Waals surface area contributed by atoms with Crippen molar-refractivity contribution in [3.63, 3.8) is 0 Å². The van der Waals surface area contributed by atoms with Crippen LogP contribution in [0.25, 0.3) is 22.2 Å². The van der Waals surface area contributed by atoms with Crippen molar-refractivity contribution >= 4 is 10.9 Å². The maximum absolute atomic E-state index is 5.29. The first kappa shape index (κ1) is 16.2. The molecule has 2 N–H and O–H groups in total. The summed E-state index contributed by atoms with van der Waals surface area (Å²) < 4.78 is 5.29. The normalized spacial score (nSPS) is 15.6. The molecular weight excluding hydrogens is 310 g/mol. The van der Waals surface area contributed by atoms with E-state index in [2.05, 4.69) is 40.4 Å². The number of fused-ring (bicyclic) bond motifs is 1. The van der Waals surface area contributed by atoms with Gasteiger partial charge < -0.3 is 15.0 Å². The van der Waals surface area contributed by atoms with Gasteiger partial charge in [0, 0.05) is 34.4 Å². The number of hydrogen-bond acceptors (Lipinski definition) is 3. The zero-order valence-corrected chi connectivity index (χ0v) is 14.9. The molecule has 0 bridgehead atoms. The molecule has 3 aromatic rings. The Morgan fingerprint density at radius 1 is 1.16 bits per heavy atom. The summed E-state index contributed by atoms with van der Waals surface area (Å²) in [5.74, 6) is 1.32. The molecule has 0 atom stereocenters. The third-order valence-corrected chi connectivity index (χ3v) is 5.33. The monoisotopic (exact) mass is 335 g/mol. The van der Waals surface area contributed by atoms with E-state index in [9.17, 15) is 0 Å². The van der Waals surface area contributed by atoms with Crippen molar-refractivity contribution in [2.45, 2.75) is 32.1 Å². The Labute approximate surface area is 148 Å². The molecule has 0 unspecified atom stereocenters. The Morgan fingerprint density at radius 2 is 2.00 bits per heavy atom. The van der Waals surface area contributed by atoms with Crippen molar-refractivity contribution in [1.29, 1.82) is 0 Å². The first-order valence-corrected chi connectivity index (χ1v) is 9.15. The SMILES string of the molecule is CCc1c(-c2ccnc(OC)c2)[nH]c2ccc(C3CCNCC3)cc12. The van der Waals surface area contributed by atoms with E-state index in [1.54, 1.807) is 13.3 Å². The fraction of sp³-hybridized carbons (Fsp3) is 0.381. The third-order valence-electron chi connectivity index (χ3n) is 5.33. The summed E-state index contributed by atoms with van der Waals surface area (Å²) in [7, 11) is 1.66. The van der Waals surface area contributed by atoms with E-state index in [1.165, 1.54) is 40.6 Å². The van der Waals surface area contributed by atoms with Gasteiger partial charge in [0.25, 0.3) is 0 Å². The van der Waals surface area contributed by atoms with Gasteiger partial charge in [0.2, 0.25) is 5.88 Å². The second-order valence-corrected chi connectivity index (χ2v) is 6.75. The number of aromatic nitrogens is 2. The lowest BCUT2D eigenvalue weighted by Gasteiger charge is -2.23. The number of methoxy groups -OCH3 is 1. The summed E-state index contributed by atoms with van der Waals surface area (Å²) in [5.41, 5.74) is 6.37. The average Bonchev–Trinajstić information content (AvgIpc) is 3.06. The van der Waals surface area contributed by atoms with Crippen LogP contribution in [0.2, 0.25) is 0 Å². The number of piperidine rings is 1. The van der Waals surface area contributed by atoms with Crippen molar-refractivity contribution < 1.29 is 4.74 Å². The topological polar surface area (TPSA) is 49.9 Å².